The first-order valence-electron chi connectivity index (χ1n) is 5.63. The minimum Gasteiger partial charge on any atom is -0.327 e. The highest BCUT2D eigenvalue weighted by molar-refractivity contribution is 5.19. The molecule has 3 heteroatoms. The summed E-state index contributed by atoms with van der Waals surface area (Å²) in [6, 6.07) is 10.5. The number of pyridine rings is 1. The first-order chi connectivity index (χ1) is 8.24. The van der Waals surface area contributed by atoms with E-state index >= 15 is 0 Å². The molecule has 0 fully saturated rings. The van der Waals surface area contributed by atoms with Crippen LogP contribution in [0.3, 0.4) is 0 Å². The summed E-state index contributed by atoms with van der Waals surface area (Å²) in [6.07, 6.45) is 4.97. The lowest BCUT2D eigenvalue weighted by Crippen LogP contribution is -2.25. The fourth-order valence-electron chi connectivity index (χ4n) is 1.86. The lowest BCUT2D eigenvalue weighted by molar-refractivity contribution is 0.618. The molecule has 0 radical (unpaired) electrons. The highest BCUT2D eigenvalue weighted by Gasteiger charge is 2.06. The highest BCUT2D eigenvalue weighted by atomic mass is 19.1. The summed E-state index contributed by atoms with van der Waals surface area (Å²) in [4.78, 5) is 3.96. The smallest absolute Gasteiger partial charge is 0.123 e. The number of halogens is 1. The van der Waals surface area contributed by atoms with Crippen LogP contribution in [0.5, 0.6) is 0 Å². The Morgan fingerprint density at radius 2 is 1.76 bits per heavy atom. The molecule has 2 nitrogen and oxygen atoms in total. The van der Waals surface area contributed by atoms with Gasteiger partial charge in [0, 0.05) is 18.4 Å². The van der Waals surface area contributed by atoms with Crippen LogP contribution in [0.15, 0.2) is 48.8 Å². The van der Waals surface area contributed by atoms with E-state index in [1.807, 2.05) is 18.2 Å². The fraction of sp³-hybridized carbons (Fsp3) is 0.214. The second-order valence-electron chi connectivity index (χ2n) is 4.15. The molecule has 17 heavy (non-hydrogen) atoms. The molecule has 0 aliphatic carbocycles. The van der Waals surface area contributed by atoms with E-state index in [9.17, 15) is 4.39 Å². The van der Waals surface area contributed by atoms with Crippen molar-refractivity contribution in [1.82, 2.24) is 4.98 Å². The molecular formula is C14H15FN2. The summed E-state index contributed by atoms with van der Waals surface area (Å²) in [7, 11) is 0. The molecule has 0 spiro atoms. The number of nitrogens with two attached hydrogens (primary N) is 1. The maximum atomic E-state index is 13.0. The average molecular weight is 230 g/mol. The van der Waals surface area contributed by atoms with E-state index in [0.717, 1.165) is 17.5 Å². The van der Waals surface area contributed by atoms with Crippen LogP contribution < -0.4 is 5.73 Å². The van der Waals surface area contributed by atoms with Gasteiger partial charge >= 0.3 is 0 Å². The van der Waals surface area contributed by atoms with E-state index in [0.29, 0.717) is 6.42 Å². The van der Waals surface area contributed by atoms with E-state index in [1.165, 1.54) is 12.1 Å². The Bertz CT molecular complexity index is 471. The van der Waals surface area contributed by atoms with E-state index in [2.05, 4.69) is 4.98 Å². The lowest BCUT2D eigenvalue weighted by Gasteiger charge is -2.11. The van der Waals surface area contributed by atoms with E-state index < -0.39 is 0 Å². The van der Waals surface area contributed by atoms with Crippen molar-refractivity contribution in [2.24, 2.45) is 5.73 Å². The van der Waals surface area contributed by atoms with Crippen LogP contribution in [-0.2, 0) is 12.8 Å². The molecule has 1 atom stereocenters. The van der Waals surface area contributed by atoms with Crippen molar-refractivity contribution in [3.8, 4) is 0 Å². The summed E-state index contributed by atoms with van der Waals surface area (Å²) >= 11 is 0. The van der Waals surface area contributed by atoms with E-state index in [1.54, 1.807) is 18.5 Å². The summed E-state index contributed by atoms with van der Waals surface area (Å²) in [5.74, 6) is -0.210. The van der Waals surface area contributed by atoms with Gasteiger partial charge in [-0.2, -0.15) is 0 Å². The van der Waals surface area contributed by atoms with Crippen molar-refractivity contribution < 1.29 is 4.39 Å². The maximum Gasteiger partial charge on any atom is 0.123 e. The molecule has 0 saturated carbocycles. The van der Waals surface area contributed by atoms with Gasteiger partial charge in [0.1, 0.15) is 5.82 Å². The molecule has 2 rings (SSSR count). The summed E-state index contributed by atoms with van der Waals surface area (Å²) < 4.78 is 13.0. The Balaban J connectivity index is 1.96. The Labute approximate surface area is 100 Å². The van der Waals surface area contributed by atoms with Gasteiger partial charge in [0.15, 0.2) is 0 Å². The first-order valence-corrected chi connectivity index (χ1v) is 5.63. The maximum absolute atomic E-state index is 13.0. The monoisotopic (exact) mass is 230 g/mol. The zero-order chi connectivity index (χ0) is 12.1. The van der Waals surface area contributed by atoms with Gasteiger partial charge in [-0.05, 0) is 48.2 Å². The van der Waals surface area contributed by atoms with Crippen molar-refractivity contribution in [3.05, 3.63) is 65.7 Å². The van der Waals surface area contributed by atoms with Gasteiger partial charge in [-0.3, -0.25) is 4.98 Å². The average Bonchev–Trinajstić information content (AvgIpc) is 2.30. The van der Waals surface area contributed by atoms with Crippen molar-refractivity contribution in [1.29, 1.82) is 0 Å². The third-order valence-electron chi connectivity index (χ3n) is 2.63. The quantitative estimate of drug-likeness (QED) is 0.875. The molecule has 0 aliphatic rings. The van der Waals surface area contributed by atoms with Crippen LogP contribution in [0, 0.1) is 5.82 Å². The second-order valence-corrected chi connectivity index (χ2v) is 4.15. The van der Waals surface area contributed by atoms with Crippen molar-refractivity contribution >= 4 is 0 Å². The third kappa shape index (κ3) is 3.64. The Hall–Kier alpha value is -1.74. The molecular weight excluding hydrogens is 215 g/mol. The minimum atomic E-state index is -0.210. The molecule has 0 aliphatic heterocycles. The van der Waals surface area contributed by atoms with E-state index in [-0.39, 0.29) is 11.9 Å². The molecule has 1 aromatic heterocycles. The first kappa shape index (κ1) is 11.7. The second kappa shape index (κ2) is 5.55. The fourth-order valence-corrected chi connectivity index (χ4v) is 1.86. The molecule has 0 amide bonds. The zero-order valence-corrected chi connectivity index (χ0v) is 9.51. The van der Waals surface area contributed by atoms with E-state index in [4.69, 9.17) is 5.73 Å². The normalized spacial score (nSPS) is 12.4. The molecule has 1 unspecified atom stereocenters. The Morgan fingerprint density at radius 1 is 1.06 bits per heavy atom. The number of rotatable bonds is 4. The Morgan fingerprint density at radius 3 is 2.47 bits per heavy atom. The lowest BCUT2D eigenvalue weighted by atomic mass is 10.0. The van der Waals surface area contributed by atoms with Gasteiger partial charge in [0.05, 0.1) is 0 Å². The molecule has 2 aromatic rings. The van der Waals surface area contributed by atoms with Gasteiger partial charge in [-0.25, -0.2) is 4.39 Å². The molecule has 1 aromatic carbocycles. The number of nitrogens with zero attached hydrogens (tertiary/aromatic N) is 1. The van der Waals surface area contributed by atoms with Crippen molar-refractivity contribution in [2.45, 2.75) is 18.9 Å². The molecule has 88 valence electrons. The Kier molecular flexibility index (Phi) is 3.83. The standard InChI is InChI=1S/C14H15FN2/c15-13-3-1-2-12(8-13)10-14(16)9-11-4-6-17-7-5-11/h1-8,14H,9-10,16H2. The highest BCUT2D eigenvalue weighted by Crippen LogP contribution is 2.08. The molecule has 0 bridgehead atoms. The van der Waals surface area contributed by atoms with Gasteiger partial charge in [-0.1, -0.05) is 12.1 Å². The summed E-state index contributed by atoms with van der Waals surface area (Å²) in [5, 5.41) is 0. The predicted molar refractivity (Wildman–Crippen MR) is 66.0 cm³/mol. The minimum absolute atomic E-state index is 0.000741. The van der Waals surface area contributed by atoms with Crippen molar-refractivity contribution in [2.75, 3.05) is 0 Å². The van der Waals surface area contributed by atoms with Gasteiger partial charge < -0.3 is 5.73 Å². The molecule has 1 heterocycles. The number of benzene rings is 1. The topological polar surface area (TPSA) is 38.9 Å². The predicted octanol–water partition coefficient (Wildman–Crippen LogP) is 2.33. The van der Waals surface area contributed by atoms with Crippen LogP contribution in [0.4, 0.5) is 4.39 Å². The number of hydrogen-bond donors (Lipinski definition) is 1. The molecule has 2 N–H and O–H groups in total. The van der Waals surface area contributed by atoms with Crippen LogP contribution in [-0.4, -0.2) is 11.0 Å². The summed E-state index contributed by atoms with van der Waals surface area (Å²) in [6.45, 7) is 0. The molecule has 0 saturated heterocycles. The van der Waals surface area contributed by atoms with Gasteiger partial charge in [0.25, 0.3) is 0 Å². The SMILES string of the molecule is NC(Cc1ccncc1)Cc1cccc(F)c1. The van der Waals surface area contributed by atoms with Crippen molar-refractivity contribution in [3.63, 3.8) is 0 Å². The van der Waals surface area contributed by atoms with Crippen LogP contribution in [0.1, 0.15) is 11.1 Å². The number of aromatic nitrogens is 1. The zero-order valence-electron chi connectivity index (χ0n) is 9.51. The van der Waals surface area contributed by atoms with Gasteiger partial charge in [0.2, 0.25) is 0 Å². The summed E-state index contributed by atoms with van der Waals surface area (Å²) in [5.41, 5.74) is 8.14. The van der Waals surface area contributed by atoms with Crippen LogP contribution in [0.25, 0.3) is 0 Å². The number of hydrogen-bond acceptors (Lipinski definition) is 2. The van der Waals surface area contributed by atoms with Crippen LogP contribution >= 0.6 is 0 Å². The van der Waals surface area contributed by atoms with Crippen LogP contribution in [0.2, 0.25) is 0 Å². The largest absolute Gasteiger partial charge is 0.327 e. The van der Waals surface area contributed by atoms with Gasteiger partial charge in [-0.15, -0.1) is 0 Å². The third-order valence-corrected chi connectivity index (χ3v) is 2.63.